The summed E-state index contributed by atoms with van der Waals surface area (Å²) in [4.78, 5) is 28.6. The Morgan fingerprint density at radius 1 is 1.24 bits per heavy atom. The number of aryl methyl sites for hydroxylation is 1. The maximum absolute atomic E-state index is 12.8. The number of aromatic nitrogens is 1. The molecule has 0 spiro atoms. The fraction of sp³-hybridized carbons (Fsp3) is 0.409. The third kappa shape index (κ3) is 4.92. The number of rotatable bonds is 5. The lowest BCUT2D eigenvalue weighted by molar-refractivity contribution is -0.122. The molecule has 3 rings (SSSR count). The molecule has 4 N–H and O–H groups in total. The number of nitrogens with one attached hydrogen (secondary N) is 2. The van der Waals surface area contributed by atoms with Crippen molar-refractivity contribution in [2.75, 3.05) is 12.4 Å². The molecule has 1 fully saturated rings. The first-order valence-corrected chi connectivity index (χ1v) is 9.86. The van der Waals surface area contributed by atoms with Gasteiger partial charge in [-0.1, -0.05) is 18.9 Å². The molecule has 1 aromatic carbocycles. The molecule has 2 unspecified atom stereocenters. The van der Waals surface area contributed by atoms with Crippen molar-refractivity contribution in [1.29, 1.82) is 0 Å². The average Bonchev–Trinajstić information content (AvgIpc) is 2.69. The van der Waals surface area contributed by atoms with Gasteiger partial charge < -0.3 is 21.1 Å². The number of amides is 2. The van der Waals surface area contributed by atoms with E-state index in [1.807, 2.05) is 26.0 Å². The Balaban J connectivity index is 1.76. The van der Waals surface area contributed by atoms with Crippen LogP contribution in [0.2, 0.25) is 0 Å². The molecule has 1 heterocycles. The second-order valence-electron chi connectivity index (χ2n) is 7.83. The number of anilines is 1. The highest BCUT2D eigenvalue weighted by atomic mass is 16.5. The summed E-state index contributed by atoms with van der Waals surface area (Å²) in [6, 6.07) is 8.77. The van der Waals surface area contributed by atoms with Crippen LogP contribution in [0.4, 0.5) is 5.69 Å². The van der Waals surface area contributed by atoms with Crippen molar-refractivity contribution >= 4 is 17.5 Å². The van der Waals surface area contributed by atoms with E-state index >= 15 is 0 Å². The van der Waals surface area contributed by atoms with E-state index in [0.29, 0.717) is 17.2 Å². The summed E-state index contributed by atoms with van der Waals surface area (Å²) in [6.45, 7) is 3.87. The topological polar surface area (TPSA) is 106 Å². The number of pyridine rings is 1. The normalized spacial score (nSPS) is 21.3. The molecule has 0 saturated heterocycles. The van der Waals surface area contributed by atoms with Gasteiger partial charge in [-0.2, -0.15) is 0 Å². The fourth-order valence-corrected chi connectivity index (χ4v) is 3.66. The number of nitrogens with zero attached hydrogens (tertiary/aromatic N) is 1. The van der Waals surface area contributed by atoms with Crippen LogP contribution in [0.25, 0.3) is 0 Å². The molecule has 2 amide bonds. The maximum Gasteiger partial charge on any atom is 0.269 e. The van der Waals surface area contributed by atoms with E-state index in [4.69, 9.17) is 10.5 Å². The second-order valence-corrected chi connectivity index (χ2v) is 7.83. The summed E-state index contributed by atoms with van der Waals surface area (Å²) in [5.41, 5.74) is 7.70. The number of ether oxygens (including phenoxy) is 1. The summed E-state index contributed by atoms with van der Waals surface area (Å²) < 4.78 is 5.96. The van der Waals surface area contributed by atoms with Gasteiger partial charge in [0.25, 0.3) is 5.91 Å². The quantitative estimate of drug-likeness (QED) is 0.718. The largest absolute Gasteiger partial charge is 0.457 e. The van der Waals surface area contributed by atoms with Crippen molar-refractivity contribution in [3.8, 4) is 11.5 Å². The first kappa shape index (κ1) is 20.8. The lowest BCUT2D eigenvalue weighted by atomic mass is 9.74. The van der Waals surface area contributed by atoms with Crippen LogP contribution in [-0.2, 0) is 4.79 Å². The molecule has 1 saturated carbocycles. The molecule has 0 aliphatic heterocycles. The van der Waals surface area contributed by atoms with Crippen molar-refractivity contribution in [2.24, 2.45) is 11.7 Å². The van der Waals surface area contributed by atoms with Crippen molar-refractivity contribution in [3.63, 3.8) is 0 Å². The van der Waals surface area contributed by atoms with Crippen LogP contribution >= 0.6 is 0 Å². The molecule has 1 aromatic heterocycles. The standard InChI is InChI=1S/C22H28N4O3/c1-14-7-8-15(26-20(27)17-6-4-5-10-22(17,2)23)12-19(14)29-16-9-11-25-18(13-16)21(28)24-3/h7-9,11-13,17H,4-6,10,23H2,1-3H3,(H,24,28)(H,26,27). The number of carbonyl (C=O) groups excluding carboxylic acids is 2. The van der Waals surface area contributed by atoms with Gasteiger partial charge in [-0.15, -0.1) is 0 Å². The van der Waals surface area contributed by atoms with Gasteiger partial charge in [0.2, 0.25) is 5.91 Å². The van der Waals surface area contributed by atoms with Crippen molar-refractivity contribution in [2.45, 2.75) is 45.1 Å². The Morgan fingerprint density at radius 2 is 2.03 bits per heavy atom. The number of benzene rings is 1. The predicted octanol–water partition coefficient (Wildman–Crippen LogP) is 3.39. The monoisotopic (exact) mass is 396 g/mol. The third-order valence-corrected chi connectivity index (χ3v) is 5.45. The summed E-state index contributed by atoms with van der Waals surface area (Å²) >= 11 is 0. The van der Waals surface area contributed by atoms with E-state index in [0.717, 1.165) is 31.2 Å². The van der Waals surface area contributed by atoms with Gasteiger partial charge in [0.15, 0.2) is 0 Å². The Labute approximate surface area is 171 Å². The molecule has 1 aliphatic carbocycles. The van der Waals surface area contributed by atoms with Crippen molar-refractivity contribution < 1.29 is 14.3 Å². The van der Waals surface area contributed by atoms with Crippen LogP contribution in [0.5, 0.6) is 11.5 Å². The minimum Gasteiger partial charge on any atom is -0.457 e. The van der Waals surface area contributed by atoms with Crippen molar-refractivity contribution in [3.05, 3.63) is 47.8 Å². The van der Waals surface area contributed by atoms with Crippen molar-refractivity contribution in [1.82, 2.24) is 10.3 Å². The van der Waals surface area contributed by atoms with Gasteiger partial charge in [0.05, 0.1) is 5.92 Å². The highest BCUT2D eigenvalue weighted by molar-refractivity contribution is 5.94. The molecule has 1 aliphatic rings. The Kier molecular flexibility index (Phi) is 6.17. The minimum atomic E-state index is -0.486. The average molecular weight is 396 g/mol. The predicted molar refractivity (Wildman–Crippen MR) is 112 cm³/mol. The maximum atomic E-state index is 12.8. The smallest absolute Gasteiger partial charge is 0.269 e. The van der Waals surface area contributed by atoms with Crippen LogP contribution in [0, 0.1) is 12.8 Å². The molecule has 154 valence electrons. The van der Waals surface area contributed by atoms with E-state index in [1.165, 1.54) is 6.20 Å². The number of hydrogen-bond donors (Lipinski definition) is 3. The van der Waals surface area contributed by atoms with Gasteiger partial charge in [-0.3, -0.25) is 14.6 Å². The van der Waals surface area contributed by atoms with Gasteiger partial charge in [0, 0.05) is 36.6 Å². The summed E-state index contributed by atoms with van der Waals surface area (Å²) in [5, 5.41) is 5.52. The lowest BCUT2D eigenvalue weighted by Gasteiger charge is -2.37. The number of hydrogen-bond acceptors (Lipinski definition) is 5. The summed E-state index contributed by atoms with van der Waals surface area (Å²) in [6.07, 6.45) is 5.24. The van der Waals surface area contributed by atoms with Gasteiger partial charge in [0.1, 0.15) is 17.2 Å². The van der Waals surface area contributed by atoms with E-state index in [2.05, 4.69) is 15.6 Å². The zero-order chi connectivity index (χ0) is 21.0. The summed E-state index contributed by atoms with van der Waals surface area (Å²) in [7, 11) is 1.55. The fourth-order valence-electron chi connectivity index (χ4n) is 3.66. The highest BCUT2D eigenvalue weighted by Crippen LogP contribution is 2.33. The Hall–Kier alpha value is -2.93. The molecule has 2 aromatic rings. The van der Waals surface area contributed by atoms with E-state index < -0.39 is 5.54 Å². The lowest BCUT2D eigenvalue weighted by Crippen LogP contribution is -2.51. The van der Waals surface area contributed by atoms with E-state index in [9.17, 15) is 9.59 Å². The minimum absolute atomic E-state index is 0.0599. The molecule has 29 heavy (non-hydrogen) atoms. The highest BCUT2D eigenvalue weighted by Gasteiger charge is 2.37. The zero-order valence-corrected chi connectivity index (χ0v) is 17.1. The third-order valence-electron chi connectivity index (χ3n) is 5.45. The van der Waals surface area contributed by atoms with E-state index in [1.54, 1.807) is 25.2 Å². The Bertz CT molecular complexity index is 911. The zero-order valence-electron chi connectivity index (χ0n) is 17.1. The first-order chi connectivity index (χ1) is 13.8. The molecular formula is C22H28N4O3. The Morgan fingerprint density at radius 3 is 2.76 bits per heavy atom. The van der Waals surface area contributed by atoms with Crippen LogP contribution in [0.15, 0.2) is 36.5 Å². The summed E-state index contributed by atoms with van der Waals surface area (Å²) in [5.74, 6) is 0.529. The number of carbonyl (C=O) groups is 2. The van der Waals surface area contributed by atoms with Crippen LogP contribution in [0.1, 0.15) is 48.7 Å². The molecular weight excluding hydrogens is 368 g/mol. The van der Waals surface area contributed by atoms with Crippen LogP contribution < -0.4 is 21.1 Å². The second kappa shape index (κ2) is 8.61. The molecule has 0 bridgehead atoms. The number of nitrogens with two attached hydrogens (primary N) is 1. The molecule has 7 nitrogen and oxygen atoms in total. The first-order valence-electron chi connectivity index (χ1n) is 9.86. The van der Waals surface area contributed by atoms with Gasteiger partial charge in [-0.25, -0.2) is 0 Å². The van der Waals surface area contributed by atoms with Crippen LogP contribution in [-0.4, -0.2) is 29.4 Å². The van der Waals surface area contributed by atoms with Gasteiger partial charge >= 0.3 is 0 Å². The molecule has 7 heteroatoms. The van der Waals surface area contributed by atoms with E-state index in [-0.39, 0.29) is 23.4 Å². The molecule has 2 atom stereocenters. The molecule has 0 radical (unpaired) electrons. The van der Waals surface area contributed by atoms with Gasteiger partial charge in [-0.05, 0) is 44.4 Å². The van der Waals surface area contributed by atoms with Crippen LogP contribution in [0.3, 0.4) is 0 Å². The SMILES string of the molecule is CNC(=O)c1cc(Oc2cc(NC(=O)C3CCCCC3(C)N)ccc2C)ccn1.